The van der Waals surface area contributed by atoms with Crippen molar-refractivity contribution in [3.8, 4) is 0 Å². The van der Waals surface area contributed by atoms with Gasteiger partial charge in [-0.15, -0.1) is 6.58 Å². The molecule has 1 rings (SSSR count). The van der Waals surface area contributed by atoms with Crippen LogP contribution >= 0.6 is 0 Å². The van der Waals surface area contributed by atoms with E-state index in [2.05, 4.69) is 26.8 Å². The molecule has 0 atom stereocenters. The minimum absolute atomic E-state index is 0. The van der Waals surface area contributed by atoms with Crippen molar-refractivity contribution in [2.75, 3.05) is 0 Å². The summed E-state index contributed by atoms with van der Waals surface area (Å²) in [6, 6.07) is 0. The van der Waals surface area contributed by atoms with Gasteiger partial charge in [0.25, 0.3) is 0 Å². The Bertz CT molecular complexity index is 112. The summed E-state index contributed by atoms with van der Waals surface area (Å²) in [5, 5.41) is 0. The largest absolute Gasteiger partial charge is 0.103 e. The first-order valence-corrected chi connectivity index (χ1v) is 3.56. The second kappa shape index (κ2) is 37.1. The van der Waals surface area contributed by atoms with Gasteiger partial charge in [-0.05, 0) is 51.9 Å². The van der Waals surface area contributed by atoms with Crippen molar-refractivity contribution < 1.29 is 30.4 Å². The molecule has 0 aromatic carbocycles. The zero-order valence-corrected chi connectivity index (χ0v) is 10.3. The summed E-state index contributed by atoms with van der Waals surface area (Å²) in [5.41, 5.74) is 0. The molecule has 2 nitrogen and oxygen atoms in total. The van der Waals surface area contributed by atoms with Crippen LogP contribution in [0.5, 0.6) is 0 Å². The third-order valence-electron chi connectivity index (χ3n) is 0.828. The Morgan fingerprint density at radius 1 is 0.867 bits per heavy atom. The van der Waals surface area contributed by atoms with Gasteiger partial charge in [0.2, 0.25) is 0 Å². The summed E-state index contributed by atoms with van der Waals surface area (Å²) in [6.07, 6.45) is 15.2. The van der Waals surface area contributed by atoms with Gasteiger partial charge in [0.15, 0.2) is 0 Å². The molecule has 0 aromatic heterocycles. The minimum atomic E-state index is 0. The first-order valence-electron chi connectivity index (χ1n) is 3.56. The Kier molecular flexibility index (Phi) is 59.9. The smallest absolute Gasteiger partial charge is 0 e. The van der Waals surface area contributed by atoms with Crippen LogP contribution in [0.4, 0.5) is 0 Å². The van der Waals surface area contributed by atoms with E-state index in [4.69, 9.17) is 9.30 Å². The third-order valence-corrected chi connectivity index (χ3v) is 0.828. The van der Waals surface area contributed by atoms with Crippen molar-refractivity contribution in [2.24, 2.45) is 0 Å². The van der Waals surface area contributed by atoms with E-state index in [1.165, 1.54) is 0 Å². The maximum Gasteiger partial charge on any atom is 0 e. The zero-order chi connectivity index (χ0) is 11.7. The van der Waals surface area contributed by atoms with Crippen LogP contribution in [0, 0.1) is 65.2 Å². The zero-order valence-electron chi connectivity index (χ0n) is 8.26. The van der Waals surface area contributed by atoms with E-state index in [0.717, 1.165) is 0 Å². The molecule has 8 radical (unpaired) electrons. The quantitative estimate of drug-likeness (QED) is 0.424. The Labute approximate surface area is 108 Å². The van der Waals surface area contributed by atoms with E-state index in [1.807, 2.05) is 32.1 Å². The van der Waals surface area contributed by atoms with Crippen LogP contribution in [0.25, 0.3) is 0 Å². The molecular weight excluding hydrogens is 272 g/mol. The SMILES string of the molecule is [C-]#[O+].[C-]#[O+].[CH2][CH][CH]C=C.[CH]1[CH][CH][CH][CH]1.[Mo]. The second-order valence-electron chi connectivity index (χ2n) is 1.63. The molecule has 1 saturated carbocycles. The minimum Gasteiger partial charge on any atom is -0.103 e. The van der Waals surface area contributed by atoms with Gasteiger partial charge in [-0.3, -0.25) is 0 Å². The van der Waals surface area contributed by atoms with E-state index in [1.54, 1.807) is 18.9 Å². The van der Waals surface area contributed by atoms with Gasteiger partial charge >= 0.3 is 22.6 Å². The topological polar surface area (TPSA) is 39.8 Å². The Balaban J connectivity index is -0.0000000580. The fourth-order valence-electron chi connectivity index (χ4n) is 0.417. The molecule has 1 aliphatic carbocycles. The fraction of sp³-hybridized carbons (Fsp3) is 0. The summed E-state index contributed by atoms with van der Waals surface area (Å²) in [4.78, 5) is 0. The Morgan fingerprint density at radius 2 is 1.13 bits per heavy atom. The molecular formula is C12H12MoO2. The van der Waals surface area contributed by atoms with Gasteiger partial charge < -0.3 is 0 Å². The van der Waals surface area contributed by atoms with Crippen LogP contribution < -0.4 is 0 Å². The Morgan fingerprint density at radius 3 is 1.20 bits per heavy atom. The van der Waals surface area contributed by atoms with Crippen LogP contribution in [0.3, 0.4) is 0 Å². The van der Waals surface area contributed by atoms with Crippen LogP contribution in [-0.2, 0) is 30.4 Å². The normalized spacial score (nSPS) is 10.7. The van der Waals surface area contributed by atoms with E-state index >= 15 is 0 Å². The molecule has 0 saturated heterocycles. The number of unbranched alkanes of at least 4 members (excludes halogenated alkanes) is 1. The fourth-order valence-corrected chi connectivity index (χ4v) is 0.417. The van der Waals surface area contributed by atoms with Gasteiger partial charge in [0.1, 0.15) is 0 Å². The molecule has 0 N–H and O–H groups in total. The van der Waals surface area contributed by atoms with Gasteiger partial charge in [0.05, 0.1) is 0 Å². The van der Waals surface area contributed by atoms with Crippen molar-refractivity contribution in [3.63, 3.8) is 0 Å². The van der Waals surface area contributed by atoms with Crippen LogP contribution in [0.15, 0.2) is 12.7 Å². The molecule has 1 aliphatic rings. The molecule has 0 aliphatic heterocycles. The van der Waals surface area contributed by atoms with Gasteiger partial charge in [-0.2, -0.15) is 0 Å². The van der Waals surface area contributed by atoms with Crippen LogP contribution in [0.2, 0.25) is 0 Å². The number of allylic oxidation sites excluding steroid dienone is 1. The molecule has 15 heavy (non-hydrogen) atoms. The van der Waals surface area contributed by atoms with Crippen LogP contribution in [0.1, 0.15) is 0 Å². The van der Waals surface area contributed by atoms with Crippen molar-refractivity contribution in [1.29, 1.82) is 0 Å². The molecule has 78 valence electrons. The van der Waals surface area contributed by atoms with Gasteiger partial charge in [-0.1, -0.05) is 6.08 Å². The molecule has 1 fully saturated rings. The number of hydrogen-bond acceptors (Lipinski definition) is 0. The van der Waals surface area contributed by atoms with E-state index in [0.29, 0.717) is 0 Å². The maximum atomic E-state index is 7.50. The summed E-state index contributed by atoms with van der Waals surface area (Å²) in [5.74, 6) is 0. The van der Waals surface area contributed by atoms with Crippen molar-refractivity contribution in [2.45, 2.75) is 0 Å². The summed E-state index contributed by atoms with van der Waals surface area (Å²) in [6.45, 7) is 15.8. The average molecular weight is 284 g/mol. The molecule has 0 amide bonds. The van der Waals surface area contributed by atoms with Gasteiger partial charge in [0, 0.05) is 21.1 Å². The Hall–Kier alpha value is -0.0917. The maximum absolute atomic E-state index is 7.50. The standard InChI is InChI=1S/C5H5.C5H7.2CO.Mo/c1-2-4-5-3-1;1-3-5-4-2;2*1-2;/h1-5H;3-5H,1-2H2;;;. The van der Waals surface area contributed by atoms with Gasteiger partial charge in [-0.25, -0.2) is 0 Å². The van der Waals surface area contributed by atoms with E-state index in [-0.39, 0.29) is 21.1 Å². The molecule has 3 heteroatoms. The number of rotatable bonds is 2. The molecule has 0 aromatic rings. The van der Waals surface area contributed by atoms with Crippen molar-refractivity contribution in [3.05, 3.63) is 77.8 Å². The summed E-state index contributed by atoms with van der Waals surface area (Å²) < 4.78 is 15.0. The van der Waals surface area contributed by atoms with E-state index in [9.17, 15) is 0 Å². The summed E-state index contributed by atoms with van der Waals surface area (Å²) in [7, 11) is 0. The van der Waals surface area contributed by atoms with E-state index < -0.39 is 0 Å². The molecule has 0 heterocycles. The second-order valence-corrected chi connectivity index (χ2v) is 1.63. The third kappa shape index (κ3) is 41.3. The first kappa shape index (κ1) is 24.2. The predicted octanol–water partition coefficient (Wildman–Crippen LogP) is 2.36. The first-order chi connectivity index (χ1) is 6.91. The van der Waals surface area contributed by atoms with Crippen molar-refractivity contribution in [1.82, 2.24) is 0 Å². The van der Waals surface area contributed by atoms with Crippen molar-refractivity contribution >= 4 is 0 Å². The monoisotopic (exact) mass is 286 g/mol. The number of hydrogen-bond donors (Lipinski definition) is 0. The predicted molar refractivity (Wildman–Crippen MR) is 53.5 cm³/mol. The average Bonchev–Trinajstić information content (AvgIpc) is 2.83. The molecule has 0 bridgehead atoms. The molecule has 0 unspecified atom stereocenters. The summed E-state index contributed by atoms with van der Waals surface area (Å²) >= 11 is 0. The molecule has 0 spiro atoms. The van der Waals surface area contributed by atoms with Crippen LogP contribution in [-0.4, -0.2) is 0 Å².